The Bertz CT molecular complexity index is 1080. The van der Waals surface area contributed by atoms with E-state index in [0.29, 0.717) is 11.3 Å². The molecular formula is C22H19NO2. The van der Waals surface area contributed by atoms with Crippen LogP contribution in [0.1, 0.15) is 23.0 Å². The molecule has 0 spiro atoms. The van der Waals surface area contributed by atoms with Gasteiger partial charge in [0.2, 0.25) is 0 Å². The SMILES string of the molecule is CC(=O)c1cc(-c2c(-c3ccccc3)n(C)c3ccccc23)oc1C. The van der Waals surface area contributed by atoms with Crippen molar-refractivity contribution in [1.82, 2.24) is 4.57 Å². The van der Waals surface area contributed by atoms with Gasteiger partial charge in [-0.05, 0) is 31.5 Å². The molecule has 0 atom stereocenters. The van der Waals surface area contributed by atoms with E-state index >= 15 is 0 Å². The lowest BCUT2D eigenvalue weighted by atomic mass is 10.0. The molecule has 2 heterocycles. The molecule has 2 aromatic heterocycles. The van der Waals surface area contributed by atoms with Gasteiger partial charge in [-0.15, -0.1) is 0 Å². The Hall–Kier alpha value is -3.07. The molecule has 25 heavy (non-hydrogen) atoms. The molecule has 0 aliphatic heterocycles. The Labute approximate surface area is 146 Å². The topological polar surface area (TPSA) is 35.1 Å². The number of hydrogen-bond acceptors (Lipinski definition) is 2. The average Bonchev–Trinajstić information content (AvgIpc) is 3.14. The minimum absolute atomic E-state index is 0.0222. The number of carbonyl (C=O) groups is 1. The van der Waals surface area contributed by atoms with Gasteiger partial charge in [0, 0.05) is 18.0 Å². The van der Waals surface area contributed by atoms with Gasteiger partial charge in [-0.25, -0.2) is 0 Å². The number of ketones is 1. The van der Waals surface area contributed by atoms with Crippen molar-refractivity contribution in [2.24, 2.45) is 7.05 Å². The molecule has 0 amide bonds. The Morgan fingerprint density at radius 1 is 1.00 bits per heavy atom. The molecular weight excluding hydrogens is 310 g/mol. The highest BCUT2D eigenvalue weighted by Crippen LogP contribution is 2.41. The predicted molar refractivity (Wildman–Crippen MR) is 101 cm³/mol. The van der Waals surface area contributed by atoms with Crippen LogP contribution in [0.4, 0.5) is 0 Å². The third-order valence-corrected chi connectivity index (χ3v) is 4.70. The summed E-state index contributed by atoms with van der Waals surface area (Å²) in [5.74, 6) is 1.42. The highest BCUT2D eigenvalue weighted by molar-refractivity contribution is 6.05. The van der Waals surface area contributed by atoms with Crippen molar-refractivity contribution in [2.45, 2.75) is 13.8 Å². The van der Waals surface area contributed by atoms with Gasteiger partial charge >= 0.3 is 0 Å². The molecule has 0 aliphatic carbocycles. The lowest BCUT2D eigenvalue weighted by molar-refractivity contribution is 0.101. The fraction of sp³-hybridized carbons (Fsp3) is 0.136. The molecule has 4 aromatic rings. The van der Waals surface area contributed by atoms with Gasteiger partial charge in [0.15, 0.2) is 5.78 Å². The zero-order chi connectivity index (χ0) is 17.6. The number of Topliss-reactive ketones (excluding diaryl/α,β-unsaturated/α-hetero) is 1. The van der Waals surface area contributed by atoms with E-state index in [1.165, 1.54) is 0 Å². The zero-order valence-electron chi connectivity index (χ0n) is 14.5. The van der Waals surface area contributed by atoms with Crippen molar-refractivity contribution in [1.29, 1.82) is 0 Å². The molecule has 4 rings (SSSR count). The van der Waals surface area contributed by atoms with Crippen molar-refractivity contribution in [2.75, 3.05) is 0 Å². The molecule has 0 unspecified atom stereocenters. The maximum absolute atomic E-state index is 11.9. The Balaban J connectivity index is 2.09. The average molecular weight is 329 g/mol. The van der Waals surface area contributed by atoms with Gasteiger partial charge in [-0.1, -0.05) is 48.5 Å². The first-order valence-corrected chi connectivity index (χ1v) is 8.32. The molecule has 124 valence electrons. The monoisotopic (exact) mass is 329 g/mol. The van der Waals surface area contributed by atoms with Crippen molar-refractivity contribution < 1.29 is 9.21 Å². The maximum Gasteiger partial charge on any atom is 0.163 e. The summed E-state index contributed by atoms with van der Waals surface area (Å²) >= 11 is 0. The van der Waals surface area contributed by atoms with Gasteiger partial charge in [0.25, 0.3) is 0 Å². The Morgan fingerprint density at radius 2 is 1.68 bits per heavy atom. The van der Waals surface area contributed by atoms with E-state index < -0.39 is 0 Å². The maximum atomic E-state index is 11.9. The van der Waals surface area contributed by atoms with Crippen molar-refractivity contribution in [3.05, 3.63) is 72.0 Å². The molecule has 0 bridgehead atoms. The number of para-hydroxylation sites is 1. The van der Waals surface area contributed by atoms with E-state index in [1.807, 2.05) is 43.3 Å². The zero-order valence-corrected chi connectivity index (χ0v) is 14.5. The van der Waals surface area contributed by atoms with Gasteiger partial charge in [-0.2, -0.15) is 0 Å². The summed E-state index contributed by atoms with van der Waals surface area (Å²) in [6.07, 6.45) is 0. The first-order valence-electron chi connectivity index (χ1n) is 8.32. The fourth-order valence-electron chi connectivity index (χ4n) is 3.53. The van der Waals surface area contributed by atoms with E-state index in [9.17, 15) is 4.79 Å². The van der Waals surface area contributed by atoms with Crippen LogP contribution in [0.15, 0.2) is 65.1 Å². The molecule has 2 aromatic carbocycles. The molecule has 3 nitrogen and oxygen atoms in total. The number of hydrogen-bond donors (Lipinski definition) is 0. The van der Waals surface area contributed by atoms with Gasteiger partial charge in [0.05, 0.1) is 16.8 Å². The quantitative estimate of drug-likeness (QED) is 0.457. The van der Waals surface area contributed by atoms with E-state index in [0.717, 1.165) is 33.5 Å². The minimum atomic E-state index is 0.0222. The number of nitrogens with zero attached hydrogens (tertiary/aromatic N) is 1. The fourth-order valence-corrected chi connectivity index (χ4v) is 3.53. The smallest absolute Gasteiger partial charge is 0.163 e. The summed E-state index contributed by atoms with van der Waals surface area (Å²) < 4.78 is 8.20. The first-order chi connectivity index (χ1) is 12.1. The molecule has 0 fully saturated rings. The van der Waals surface area contributed by atoms with Crippen LogP contribution in [-0.2, 0) is 7.05 Å². The van der Waals surface area contributed by atoms with Crippen LogP contribution in [0.3, 0.4) is 0 Å². The summed E-state index contributed by atoms with van der Waals surface area (Å²) in [7, 11) is 2.07. The third kappa shape index (κ3) is 2.40. The number of aromatic nitrogens is 1. The van der Waals surface area contributed by atoms with Crippen LogP contribution in [0.2, 0.25) is 0 Å². The molecule has 0 aliphatic rings. The number of benzene rings is 2. The lowest BCUT2D eigenvalue weighted by Crippen LogP contribution is -1.92. The Morgan fingerprint density at radius 3 is 2.36 bits per heavy atom. The van der Waals surface area contributed by atoms with Gasteiger partial charge < -0.3 is 8.98 Å². The second-order valence-corrected chi connectivity index (χ2v) is 6.30. The summed E-state index contributed by atoms with van der Waals surface area (Å²) in [5.41, 5.74) is 5.01. The van der Waals surface area contributed by atoms with Crippen LogP contribution in [0.5, 0.6) is 0 Å². The van der Waals surface area contributed by atoms with E-state index in [4.69, 9.17) is 4.42 Å². The second-order valence-electron chi connectivity index (χ2n) is 6.30. The predicted octanol–water partition coefficient (Wildman–Crippen LogP) is 5.62. The summed E-state index contributed by atoms with van der Waals surface area (Å²) in [6.45, 7) is 3.41. The number of fused-ring (bicyclic) bond motifs is 1. The molecule has 3 heteroatoms. The number of carbonyl (C=O) groups excluding carboxylic acids is 1. The highest BCUT2D eigenvalue weighted by Gasteiger charge is 2.22. The molecule has 0 saturated heterocycles. The summed E-state index contributed by atoms with van der Waals surface area (Å²) in [4.78, 5) is 11.9. The van der Waals surface area contributed by atoms with Gasteiger partial charge in [-0.3, -0.25) is 4.79 Å². The standard InChI is InChI=1S/C22H19NO2/c1-14(24)18-13-20(25-15(18)2)21-17-11-7-8-12-19(17)23(3)22(21)16-9-5-4-6-10-16/h4-13H,1-3H3. The minimum Gasteiger partial charge on any atom is -0.461 e. The number of furan rings is 1. The van der Waals surface area contributed by atoms with Crippen LogP contribution in [0.25, 0.3) is 33.5 Å². The van der Waals surface area contributed by atoms with Gasteiger partial charge in [0.1, 0.15) is 11.5 Å². The van der Waals surface area contributed by atoms with Crippen molar-refractivity contribution >= 4 is 16.7 Å². The largest absolute Gasteiger partial charge is 0.461 e. The van der Waals surface area contributed by atoms with Crippen molar-refractivity contribution in [3.8, 4) is 22.6 Å². The third-order valence-electron chi connectivity index (χ3n) is 4.70. The van der Waals surface area contributed by atoms with Crippen LogP contribution in [-0.4, -0.2) is 10.4 Å². The summed E-state index contributed by atoms with van der Waals surface area (Å²) in [6, 6.07) is 20.4. The van der Waals surface area contributed by atoms with Crippen molar-refractivity contribution in [3.63, 3.8) is 0 Å². The number of aryl methyl sites for hydroxylation is 2. The number of rotatable bonds is 3. The van der Waals surface area contributed by atoms with Crippen LogP contribution in [0, 0.1) is 6.92 Å². The molecule has 0 saturated carbocycles. The van der Waals surface area contributed by atoms with Crippen LogP contribution >= 0.6 is 0 Å². The normalized spacial score (nSPS) is 11.2. The van der Waals surface area contributed by atoms with E-state index in [-0.39, 0.29) is 5.78 Å². The van der Waals surface area contributed by atoms with E-state index in [2.05, 4.69) is 35.9 Å². The van der Waals surface area contributed by atoms with Crippen LogP contribution < -0.4 is 0 Å². The lowest BCUT2D eigenvalue weighted by Gasteiger charge is -2.07. The highest BCUT2D eigenvalue weighted by atomic mass is 16.3. The van der Waals surface area contributed by atoms with E-state index in [1.54, 1.807) is 6.92 Å². The first kappa shape index (κ1) is 15.5. The Kier molecular flexibility index (Phi) is 3.57. The summed E-state index contributed by atoms with van der Waals surface area (Å²) in [5, 5.41) is 1.12. The molecule has 0 radical (unpaired) electrons. The molecule has 0 N–H and O–H groups in total. The second kappa shape index (κ2) is 5.78.